The zero-order chi connectivity index (χ0) is 13.6. The average molecular weight is 311 g/mol. The predicted molar refractivity (Wildman–Crippen MR) is 71.6 cm³/mol. The number of aromatic nitrogens is 1. The van der Waals surface area contributed by atoms with E-state index < -0.39 is 12.7 Å². The van der Waals surface area contributed by atoms with Crippen molar-refractivity contribution in [1.82, 2.24) is 4.98 Å². The Balaban J connectivity index is 2.78. The molecule has 0 spiro atoms. The number of ether oxygens (including phenoxy) is 1. The van der Waals surface area contributed by atoms with Gasteiger partial charge in [-0.2, -0.15) is 4.98 Å². The van der Waals surface area contributed by atoms with E-state index in [1.165, 1.54) is 12.5 Å². The molecule has 18 heavy (non-hydrogen) atoms. The maximum absolute atomic E-state index is 11.2. The Morgan fingerprint density at radius 2 is 2.06 bits per heavy atom. The van der Waals surface area contributed by atoms with E-state index in [0.717, 1.165) is 11.3 Å². The molecule has 102 valence electrons. The van der Waals surface area contributed by atoms with Gasteiger partial charge in [0.25, 0.3) is 5.19 Å². The van der Waals surface area contributed by atoms with Gasteiger partial charge in [-0.05, 0) is 13.8 Å². The third kappa shape index (κ3) is 4.29. The maximum Gasteiger partial charge on any atom is 0.382 e. The van der Waals surface area contributed by atoms with Gasteiger partial charge < -0.3 is 9.26 Å². The molecule has 0 atom stereocenters. The smallest absolute Gasteiger partial charge is 0.382 e. The molecule has 0 amide bonds. The quantitative estimate of drug-likeness (QED) is 0.566. The van der Waals surface area contributed by atoms with Gasteiger partial charge in [-0.25, -0.2) is 4.79 Å². The van der Waals surface area contributed by atoms with Crippen molar-refractivity contribution in [1.29, 1.82) is 0 Å². The summed E-state index contributed by atoms with van der Waals surface area (Å²) in [6.07, 6.45) is 0. The summed E-state index contributed by atoms with van der Waals surface area (Å²) >= 11 is 6.32. The van der Waals surface area contributed by atoms with Crippen LogP contribution in [0.15, 0.2) is 5.38 Å². The molecule has 0 aromatic carbocycles. The van der Waals surface area contributed by atoms with Crippen molar-refractivity contribution < 1.29 is 23.1 Å². The molecule has 1 heterocycles. The van der Waals surface area contributed by atoms with Crippen LogP contribution in [0.2, 0.25) is 0 Å². The first kappa shape index (κ1) is 15.5. The molecule has 0 bridgehead atoms. The van der Waals surface area contributed by atoms with E-state index >= 15 is 0 Å². The van der Waals surface area contributed by atoms with Crippen molar-refractivity contribution >= 4 is 35.8 Å². The Morgan fingerprint density at radius 3 is 2.56 bits per heavy atom. The second-order valence-corrected chi connectivity index (χ2v) is 6.62. The zero-order valence-corrected chi connectivity index (χ0v) is 12.8. The molecule has 0 aliphatic carbocycles. The SMILES string of the molecule is CCOP(=S)(OCC)Oc1nc(C(=O)OC)cs1. The number of carbonyl (C=O) groups excluding carboxylic acids is 1. The van der Waals surface area contributed by atoms with Crippen LogP contribution in [0.3, 0.4) is 0 Å². The van der Waals surface area contributed by atoms with E-state index in [9.17, 15) is 4.79 Å². The van der Waals surface area contributed by atoms with Crippen molar-refractivity contribution in [2.24, 2.45) is 0 Å². The predicted octanol–water partition coefficient (Wildman–Crippen LogP) is 2.61. The number of methoxy groups -OCH3 is 1. The van der Waals surface area contributed by atoms with Crippen LogP contribution < -0.4 is 4.52 Å². The van der Waals surface area contributed by atoms with Crippen LogP contribution in [-0.4, -0.2) is 31.3 Å². The van der Waals surface area contributed by atoms with Gasteiger partial charge in [0.1, 0.15) is 0 Å². The number of rotatable bonds is 7. The van der Waals surface area contributed by atoms with E-state index in [1.54, 1.807) is 13.8 Å². The summed E-state index contributed by atoms with van der Waals surface area (Å²) in [4.78, 5) is 15.2. The topological polar surface area (TPSA) is 66.9 Å². The summed E-state index contributed by atoms with van der Waals surface area (Å²) in [6, 6.07) is 0. The number of carbonyl (C=O) groups is 1. The number of hydrogen-bond acceptors (Lipinski definition) is 8. The van der Waals surface area contributed by atoms with Gasteiger partial charge in [0.2, 0.25) is 0 Å². The van der Waals surface area contributed by atoms with E-state index in [4.69, 9.17) is 25.4 Å². The summed E-state index contributed by atoms with van der Waals surface area (Å²) in [5.74, 6) is -0.526. The third-order valence-corrected chi connectivity index (χ3v) is 4.88. The van der Waals surface area contributed by atoms with E-state index in [1.807, 2.05) is 0 Å². The van der Waals surface area contributed by atoms with Crippen LogP contribution >= 0.6 is 18.1 Å². The van der Waals surface area contributed by atoms with E-state index in [2.05, 4.69) is 9.72 Å². The van der Waals surface area contributed by atoms with Gasteiger partial charge in [-0.15, -0.1) is 0 Å². The van der Waals surface area contributed by atoms with Crippen LogP contribution in [-0.2, 0) is 25.6 Å². The van der Waals surface area contributed by atoms with Crippen LogP contribution in [0.5, 0.6) is 5.19 Å². The lowest BCUT2D eigenvalue weighted by atomic mass is 10.5. The molecule has 1 aromatic rings. The molecule has 1 aromatic heterocycles. The Hall–Kier alpha value is -0.530. The van der Waals surface area contributed by atoms with E-state index in [-0.39, 0.29) is 10.9 Å². The molecular weight excluding hydrogens is 297 g/mol. The largest absolute Gasteiger partial charge is 0.464 e. The van der Waals surface area contributed by atoms with Crippen molar-refractivity contribution in [2.75, 3.05) is 20.3 Å². The standard InChI is InChI=1S/C9H14NO5PS2/c1-4-13-16(17,14-5-2)15-9-10-7(6-18-9)8(11)12-3/h6H,4-5H2,1-3H3. The lowest BCUT2D eigenvalue weighted by Gasteiger charge is -2.18. The Bertz CT molecular complexity index is 440. The summed E-state index contributed by atoms with van der Waals surface area (Å²) in [7, 11) is 1.28. The van der Waals surface area contributed by atoms with Crippen molar-refractivity contribution in [2.45, 2.75) is 13.8 Å². The van der Waals surface area contributed by atoms with Gasteiger partial charge in [-0.3, -0.25) is 9.05 Å². The molecule has 0 saturated heterocycles. The molecule has 9 heteroatoms. The summed E-state index contributed by atoms with van der Waals surface area (Å²) in [5.41, 5.74) is 0.173. The first-order chi connectivity index (χ1) is 8.54. The molecule has 0 unspecified atom stereocenters. The molecule has 0 aliphatic rings. The Kier molecular flexibility index (Phi) is 6.17. The van der Waals surface area contributed by atoms with Gasteiger partial charge >= 0.3 is 12.7 Å². The lowest BCUT2D eigenvalue weighted by molar-refractivity contribution is 0.0594. The second kappa shape index (κ2) is 7.16. The molecule has 0 saturated carbocycles. The summed E-state index contributed by atoms with van der Waals surface area (Å²) < 4.78 is 20.6. The minimum absolute atomic E-state index is 0.173. The molecule has 0 fully saturated rings. The van der Waals surface area contributed by atoms with Crippen molar-refractivity contribution in [3.63, 3.8) is 0 Å². The molecule has 0 radical (unpaired) electrons. The van der Waals surface area contributed by atoms with Gasteiger partial charge in [0.05, 0.1) is 20.3 Å². The van der Waals surface area contributed by atoms with Gasteiger partial charge in [0.15, 0.2) is 5.69 Å². The minimum Gasteiger partial charge on any atom is -0.464 e. The molecule has 6 nitrogen and oxygen atoms in total. The first-order valence-electron chi connectivity index (χ1n) is 5.17. The third-order valence-electron chi connectivity index (χ3n) is 1.64. The highest BCUT2D eigenvalue weighted by molar-refractivity contribution is 8.07. The Labute approximate surface area is 114 Å². The first-order valence-corrected chi connectivity index (χ1v) is 8.60. The highest BCUT2D eigenvalue weighted by Gasteiger charge is 2.23. The number of esters is 1. The highest BCUT2D eigenvalue weighted by Crippen LogP contribution is 2.50. The monoisotopic (exact) mass is 311 g/mol. The van der Waals surface area contributed by atoms with Crippen LogP contribution in [0, 0.1) is 0 Å². The van der Waals surface area contributed by atoms with Crippen LogP contribution in [0.1, 0.15) is 24.3 Å². The van der Waals surface area contributed by atoms with Gasteiger partial charge in [0, 0.05) is 17.2 Å². The maximum atomic E-state index is 11.2. The van der Waals surface area contributed by atoms with Gasteiger partial charge in [-0.1, -0.05) is 11.3 Å². The fraction of sp³-hybridized carbons (Fsp3) is 0.556. The zero-order valence-electron chi connectivity index (χ0n) is 10.2. The average Bonchev–Trinajstić information content (AvgIpc) is 2.76. The fourth-order valence-corrected chi connectivity index (χ4v) is 4.01. The van der Waals surface area contributed by atoms with E-state index in [0.29, 0.717) is 13.2 Å². The molecular formula is C9H14NO5PS2. The summed E-state index contributed by atoms with van der Waals surface area (Å²) in [6.45, 7) is 1.52. The highest BCUT2D eigenvalue weighted by atomic mass is 32.5. The van der Waals surface area contributed by atoms with Crippen LogP contribution in [0.25, 0.3) is 0 Å². The van der Waals surface area contributed by atoms with Crippen molar-refractivity contribution in [3.8, 4) is 5.19 Å². The fourth-order valence-electron chi connectivity index (χ4n) is 0.999. The lowest BCUT2D eigenvalue weighted by Crippen LogP contribution is -2.03. The number of nitrogens with zero attached hydrogens (tertiary/aromatic N) is 1. The molecule has 1 rings (SSSR count). The minimum atomic E-state index is -2.84. The normalized spacial score (nSPS) is 11.3. The Morgan fingerprint density at radius 1 is 1.44 bits per heavy atom. The second-order valence-electron chi connectivity index (χ2n) is 2.86. The molecule has 0 N–H and O–H groups in total. The van der Waals surface area contributed by atoms with Crippen molar-refractivity contribution in [3.05, 3.63) is 11.1 Å². The number of hydrogen-bond donors (Lipinski definition) is 0. The number of thiazole rings is 1. The summed E-state index contributed by atoms with van der Waals surface area (Å²) in [5, 5.41) is 1.76. The van der Waals surface area contributed by atoms with Crippen LogP contribution in [0.4, 0.5) is 0 Å². The molecule has 0 aliphatic heterocycles.